The van der Waals surface area contributed by atoms with E-state index in [0.717, 1.165) is 54.7 Å². The van der Waals surface area contributed by atoms with E-state index in [-0.39, 0.29) is 0 Å². The van der Waals surface area contributed by atoms with Crippen LogP contribution in [-0.4, -0.2) is 38.2 Å². The molecule has 3 heterocycles. The Morgan fingerprint density at radius 3 is 2.92 bits per heavy atom. The summed E-state index contributed by atoms with van der Waals surface area (Å²) in [7, 11) is 2.10. The Hall–Kier alpha value is -2.47. The number of nitrogens with zero attached hydrogens (tertiary/aromatic N) is 5. The lowest BCUT2D eigenvalue weighted by Crippen LogP contribution is -2.20. The lowest BCUT2D eigenvalue weighted by Gasteiger charge is -2.14. The van der Waals surface area contributed by atoms with Crippen LogP contribution in [0.2, 0.25) is 0 Å². The van der Waals surface area contributed by atoms with Crippen molar-refractivity contribution in [1.82, 2.24) is 24.6 Å². The minimum Gasteiger partial charge on any atom is -0.458 e. The second-order valence-corrected chi connectivity index (χ2v) is 6.07. The first-order chi connectivity index (χ1) is 11.6. The molecular weight excluding hydrogens is 302 g/mol. The Labute approximate surface area is 142 Å². The number of furan rings is 1. The van der Waals surface area contributed by atoms with Crippen molar-refractivity contribution in [3.05, 3.63) is 53.9 Å². The summed E-state index contributed by atoms with van der Waals surface area (Å²) in [5.41, 5.74) is 2.60. The normalized spacial score (nSPS) is 11.3. The zero-order valence-electron chi connectivity index (χ0n) is 14.4. The summed E-state index contributed by atoms with van der Waals surface area (Å²) in [5.74, 6) is 1.72. The summed E-state index contributed by atoms with van der Waals surface area (Å²) < 4.78 is 7.92. The van der Waals surface area contributed by atoms with Gasteiger partial charge in [-0.2, -0.15) is 5.10 Å². The second-order valence-electron chi connectivity index (χ2n) is 6.07. The quantitative estimate of drug-likeness (QED) is 0.668. The van der Waals surface area contributed by atoms with E-state index in [1.807, 2.05) is 49.1 Å². The van der Waals surface area contributed by atoms with Crippen molar-refractivity contribution in [2.24, 2.45) is 0 Å². The zero-order chi connectivity index (χ0) is 16.9. The third-order valence-electron chi connectivity index (χ3n) is 3.88. The summed E-state index contributed by atoms with van der Waals surface area (Å²) in [6.07, 6.45) is 6.62. The molecule has 6 nitrogen and oxygen atoms in total. The first-order valence-corrected chi connectivity index (χ1v) is 8.17. The van der Waals surface area contributed by atoms with Gasteiger partial charge in [-0.05, 0) is 45.5 Å². The summed E-state index contributed by atoms with van der Waals surface area (Å²) in [6.45, 7) is 6.58. The lowest BCUT2D eigenvalue weighted by atomic mass is 10.2. The Kier molecular flexibility index (Phi) is 5.05. The summed E-state index contributed by atoms with van der Waals surface area (Å²) in [5, 5.41) is 4.22. The van der Waals surface area contributed by atoms with Gasteiger partial charge in [0.05, 0.1) is 17.9 Å². The van der Waals surface area contributed by atoms with Gasteiger partial charge in [0.25, 0.3) is 0 Å². The number of hydrogen-bond donors (Lipinski definition) is 0. The van der Waals surface area contributed by atoms with Crippen molar-refractivity contribution in [2.75, 3.05) is 13.6 Å². The topological polar surface area (TPSA) is 60.0 Å². The first kappa shape index (κ1) is 16.4. The molecule has 0 bridgehead atoms. The van der Waals surface area contributed by atoms with E-state index in [0.29, 0.717) is 0 Å². The van der Waals surface area contributed by atoms with Crippen molar-refractivity contribution >= 4 is 0 Å². The maximum Gasteiger partial charge on any atom is 0.154 e. The number of aryl methyl sites for hydroxylation is 3. The van der Waals surface area contributed by atoms with Gasteiger partial charge in [0.2, 0.25) is 0 Å². The Balaban J connectivity index is 1.56. The van der Waals surface area contributed by atoms with Gasteiger partial charge in [0, 0.05) is 31.7 Å². The van der Waals surface area contributed by atoms with Crippen LogP contribution in [0.1, 0.15) is 23.6 Å². The van der Waals surface area contributed by atoms with Crippen LogP contribution < -0.4 is 0 Å². The van der Waals surface area contributed by atoms with E-state index in [1.165, 1.54) is 0 Å². The zero-order valence-corrected chi connectivity index (χ0v) is 14.4. The van der Waals surface area contributed by atoms with Crippen LogP contribution in [0.5, 0.6) is 0 Å². The number of aromatic nitrogens is 4. The average molecular weight is 325 g/mol. The second kappa shape index (κ2) is 7.40. The minimum absolute atomic E-state index is 0.775. The van der Waals surface area contributed by atoms with Crippen LogP contribution in [0, 0.1) is 13.8 Å². The number of rotatable bonds is 7. The SMILES string of the molecule is Cc1cnc(C)c(-c2ccc(CN(C)CCCn3cccn3)o2)n1. The molecule has 0 unspecified atom stereocenters. The largest absolute Gasteiger partial charge is 0.458 e. The van der Waals surface area contributed by atoms with E-state index in [4.69, 9.17) is 4.42 Å². The Morgan fingerprint density at radius 1 is 1.25 bits per heavy atom. The molecule has 0 radical (unpaired) electrons. The third kappa shape index (κ3) is 4.08. The molecule has 0 aliphatic carbocycles. The van der Waals surface area contributed by atoms with Crippen molar-refractivity contribution < 1.29 is 4.42 Å². The number of hydrogen-bond acceptors (Lipinski definition) is 5. The molecule has 0 aliphatic rings. The molecule has 0 fully saturated rings. The van der Waals surface area contributed by atoms with Crippen molar-refractivity contribution in [3.8, 4) is 11.5 Å². The van der Waals surface area contributed by atoms with Gasteiger partial charge in [0.1, 0.15) is 11.5 Å². The molecule has 0 saturated heterocycles. The highest BCUT2D eigenvalue weighted by Crippen LogP contribution is 2.23. The van der Waals surface area contributed by atoms with E-state index >= 15 is 0 Å². The Morgan fingerprint density at radius 2 is 2.12 bits per heavy atom. The highest BCUT2D eigenvalue weighted by Gasteiger charge is 2.11. The van der Waals surface area contributed by atoms with Gasteiger partial charge in [-0.1, -0.05) is 0 Å². The summed E-state index contributed by atoms with van der Waals surface area (Å²) >= 11 is 0. The van der Waals surface area contributed by atoms with E-state index in [9.17, 15) is 0 Å². The molecule has 3 aromatic heterocycles. The van der Waals surface area contributed by atoms with Crippen LogP contribution in [0.4, 0.5) is 0 Å². The van der Waals surface area contributed by atoms with Crippen LogP contribution in [0.3, 0.4) is 0 Å². The molecule has 3 rings (SSSR count). The minimum atomic E-state index is 0.775. The van der Waals surface area contributed by atoms with Gasteiger partial charge in [-0.3, -0.25) is 14.6 Å². The predicted octanol–water partition coefficient (Wildman–Crippen LogP) is 3.07. The van der Waals surface area contributed by atoms with Crippen molar-refractivity contribution in [1.29, 1.82) is 0 Å². The van der Waals surface area contributed by atoms with Gasteiger partial charge >= 0.3 is 0 Å². The molecule has 0 saturated carbocycles. The molecule has 0 amide bonds. The van der Waals surface area contributed by atoms with Crippen LogP contribution in [-0.2, 0) is 13.1 Å². The third-order valence-corrected chi connectivity index (χ3v) is 3.88. The van der Waals surface area contributed by atoms with Crippen LogP contribution in [0.25, 0.3) is 11.5 Å². The fourth-order valence-electron chi connectivity index (χ4n) is 2.64. The molecule has 0 atom stereocenters. The highest BCUT2D eigenvalue weighted by molar-refractivity contribution is 5.55. The summed E-state index contributed by atoms with van der Waals surface area (Å²) in [4.78, 5) is 11.1. The van der Waals surface area contributed by atoms with E-state index in [1.54, 1.807) is 6.20 Å². The molecule has 126 valence electrons. The maximum absolute atomic E-state index is 5.97. The fraction of sp³-hybridized carbons (Fsp3) is 0.389. The predicted molar refractivity (Wildman–Crippen MR) is 92.4 cm³/mol. The van der Waals surface area contributed by atoms with Gasteiger partial charge in [0.15, 0.2) is 5.76 Å². The average Bonchev–Trinajstić information content (AvgIpc) is 3.21. The molecular formula is C18H23N5O. The maximum atomic E-state index is 5.97. The van der Waals surface area contributed by atoms with Crippen molar-refractivity contribution in [3.63, 3.8) is 0 Å². The Bertz CT molecular complexity index is 779. The summed E-state index contributed by atoms with van der Waals surface area (Å²) in [6, 6.07) is 5.94. The van der Waals surface area contributed by atoms with Crippen molar-refractivity contribution in [2.45, 2.75) is 33.4 Å². The molecule has 24 heavy (non-hydrogen) atoms. The monoisotopic (exact) mass is 325 g/mol. The van der Waals surface area contributed by atoms with Gasteiger partial charge in [-0.15, -0.1) is 0 Å². The highest BCUT2D eigenvalue weighted by atomic mass is 16.3. The molecule has 6 heteroatoms. The lowest BCUT2D eigenvalue weighted by molar-refractivity contribution is 0.285. The molecule has 0 aliphatic heterocycles. The van der Waals surface area contributed by atoms with E-state index in [2.05, 4.69) is 27.0 Å². The van der Waals surface area contributed by atoms with Gasteiger partial charge in [-0.25, -0.2) is 4.98 Å². The molecule has 0 N–H and O–H groups in total. The van der Waals surface area contributed by atoms with Crippen LogP contribution in [0.15, 0.2) is 41.2 Å². The molecule has 0 spiro atoms. The molecule has 3 aromatic rings. The fourth-order valence-corrected chi connectivity index (χ4v) is 2.64. The first-order valence-electron chi connectivity index (χ1n) is 8.17. The standard InChI is InChI=1S/C18H23N5O/c1-14-12-19-15(2)18(21-14)17-7-6-16(24-17)13-22(3)9-5-11-23-10-4-8-20-23/h4,6-8,10,12H,5,9,11,13H2,1-3H3. The molecule has 0 aromatic carbocycles. The van der Waals surface area contributed by atoms with Gasteiger partial charge < -0.3 is 4.42 Å². The smallest absolute Gasteiger partial charge is 0.154 e. The van der Waals surface area contributed by atoms with Crippen LogP contribution >= 0.6 is 0 Å². The van der Waals surface area contributed by atoms with E-state index < -0.39 is 0 Å².